The molecule has 0 amide bonds. The van der Waals surface area contributed by atoms with Crippen molar-refractivity contribution in [1.29, 1.82) is 0 Å². The minimum Gasteiger partial charge on any atom is -0.292 e. The summed E-state index contributed by atoms with van der Waals surface area (Å²) < 4.78 is 0. The summed E-state index contributed by atoms with van der Waals surface area (Å²) in [5, 5.41) is 0. The fraction of sp³-hybridized carbons (Fsp3) is 0.0909. The topological polar surface area (TPSA) is 0 Å². The molecular weight excluding hydrogens is 666 g/mol. The first kappa shape index (κ1) is 12.4. The predicted molar refractivity (Wildman–Crippen MR) is 48.7 cm³/mol. The van der Waals surface area contributed by atoms with Gasteiger partial charge in [-0.1, -0.05) is 5.56 Å². The van der Waals surface area contributed by atoms with Gasteiger partial charge in [-0.15, -0.1) is 12.1 Å². The smallest absolute Gasteiger partial charge is 0 e. The summed E-state index contributed by atoms with van der Waals surface area (Å²) in [7, 11) is 0. The number of hydrogen-bond acceptors (Lipinski definition) is 0. The number of aryl methyl sites for hydroxylation is 1. The van der Waals surface area contributed by atoms with E-state index >= 15 is 0 Å². The van der Waals surface area contributed by atoms with Crippen molar-refractivity contribution in [1.82, 2.24) is 0 Å². The molecule has 0 nitrogen and oxygen atoms in total. The summed E-state index contributed by atoms with van der Waals surface area (Å²) in [4.78, 5) is 0. The second kappa shape index (κ2) is 4.51. The molecule has 0 unspecified atom stereocenters. The van der Waals surface area contributed by atoms with Crippen molar-refractivity contribution >= 4 is 12.2 Å². The molecule has 1 rings (SSSR count). The van der Waals surface area contributed by atoms with Crippen molar-refractivity contribution in [2.45, 2.75) is 6.92 Å². The van der Waals surface area contributed by atoms with Gasteiger partial charge in [0.1, 0.15) is 0 Å². The van der Waals surface area contributed by atoms with Crippen molar-refractivity contribution in [3.8, 4) is 0 Å². The molecule has 1 aromatic carbocycles. The minimum absolute atomic E-state index is 0. The fourth-order valence-corrected chi connectivity index (χ4v) is 1.04. The average Bonchev–Trinajstić information content (AvgIpc) is 2.03. The molecule has 0 aliphatic heterocycles. The molecule has 1 aromatic rings. The van der Waals surface area contributed by atoms with Gasteiger partial charge in [0, 0.05) is 0 Å². The fourth-order valence-electron chi connectivity index (χ4n) is 1.04. The molecule has 13 heavy (non-hydrogen) atoms. The Morgan fingerprint density at radius 3 is 1.62 bits per heavy atom. The van der Waals surface area contributed by atoms with Gasteiger partial charge < -0.3 is 0 Å². The molecule has 0 atom stereocenters. The Labute approximate surface area is 67.9 Å². The third-order valence-corrected chi connectivity index (χ3v) is 1.51. The Balaban J connectivity index is 0. The van der Waals surface area contributed by atoms with E-state index < -0.39 is 0 Å². The maximum Gasteiger partial charge on any atom is 0 e. The van der Waals surface area contributed by atoms with Crippen LogP contribution in [0.5, 0.6) is 0 Å². The van der Waals surface area contributed by atoms with Crippen LogP contribution in [-0.4, -0.2) is 0 Å². The van der Waals surface area contributed by atoms with Gasteiger partial charge in [0.25, 0.3) is 0 Å². The third kappa shape index (κ3) is 2.42. The molecule has 60 valence electrons. The molecule has 0 spiro atoms. The van der Waals surface area contributed by atoms with Crippen molar-refractivity contribution in [2.24, 2.45) is 0 Å². The molecular formula is C11H10Rf2-2. The molecule has 0 N–H and O–H groups in total. The summed E-state index contributed by atoms with van der Waals surface area (Å²) in [6.45, 7) is 12.7. The van der Waals surface area contributed by atoms with Gasteiger partial charge in [-0.3, -0.25) is 13.2 Å². The molecule has 0 radical (unpaired) electrons. The van der Waals surface area contributed by atoms with Crippen LogP contribution >= 0.6 is 0 Å². The van der Waals surface area contributed by atoms with Crippen molar-refractivity contribution < 1.29 is 0 Å². The van der Waals surface area contributed by atoms with E-state index in [1.807, 2.05) is 25.1 Å². The van der Waals surface area contributed by atoms with E-state index in [4.69, 9.17) is 13.2 Å². The summed E-state index contributed by atoms with van der Waals surface area (Å²) in [6.07, 6.45) is 3.14. The van der Waals surface area contributed by atoms with Gasteiger partial charge >= 0.3 is 0 Å². The minimum atomic E-state index is 0. The van der Waals surface area contributed by atoms with Crippen LogP contribution in [-0.2, 0) is 0 Å². The first-order valence-corrected chi connectivity index (χ1v) is 3.48. The maximum absolute atomic E-state index is 5.36. The predicted octanol–water partition coefficient (Wildman–Crippen LogP) is 2.89. The number of rotatable bonds is 2. The molecule has 0 saturated carbocycles. The summed E-state index contributed by atoms with van der Waals surface area (Å²) in [6, 6.07) is 5.95. The van der Waals surface area contributed by atoms with Crippen molar-refractivity contribution in [2.75, 3.05) is 0 Å². The molecule has 0 heterocycles. The average molecular weight is 676 g/mol. The van der Waals surface area contributed by atoms with Crippen LogP contribution in [0, 0.1) is 20.1 Å². The molecule has 0 fully saturated rings. The number of hydrogen-bond donors (Lipinski definition) is 0. The maximum atomic E-state index is 5.36. The van der Waals surface area contributed by atoms with E-state index in [0.29, 0.717) is 0 Å². The van der Waals surface area contributed by atoms with Crippen LogP contribution in [0.1, 0.15) is 16.7 Å². The van der Waals surface area contributed by atoms with Gasteiger partial charge in [0.05, 0.1) is 0 Å². The zero-order valence-electron chi connectivity index (χ0n) is 7.96. The molecule has 0 aliphatic rings. The van der Waals surface area contributed by atoms with E-state index in [9.17, 15) is 0 Å². The standard InChI is InChI=1S/C11H10.2Rf/c1-4-10-6-9(3)7-11(5-2)8-10;;/h1-2,4-8H,3H3;;/q-2;;. The molecule has 0 aliphatic carbocycles. The first-order valence-electron chi connectivity index (χ1n) is 3.48. The zero-order chi connectivity index (χ0) is 8.27. The van der Waals surface area contributed by atoms with Gasteiger partial charge in [0.2, 0.25) is 0 Å². The van der Waals surface area contributed by atoms with Crippen LogP contribution in [0.4, 0.5) is 0 Å². The number of benzene rings is 1. The second-order valence-electron chi connectivity index (χ2n) is 2.51. The summed E-state index contributed by atoms with van der Waals surface area (Å²) in [5.41, 5.74) is 3.17. The molecule has 0 aromatic heterocycles. The van der Waals surface area contributed by atoms with Crippen molar-refractivity contribution in [3.63, 3.8) is 0 Å². The third-order valence-electron chi connectivity index (χ3n) is 1.51. The second-order valence-corrected chi connectivity index (χ2v) is 2.51. The van der Waals surface area contributed by atoms with Gasteiger partial charge in [0.15, 0.2) is 0 Å². The van der Waals surface area contributed by atoms with Gasteiger partial charge in [-0.25, -0.2) is 18.2 Å². The largest absolute Gasteiger partial charge is 0.292 e. The van der Waals surface area contributed by atoms with E-state index in [-0.39, 0.29) is 0 Å². The Bertz CT molecular complexity index is 264. The Morgan fingerprint density at radius 2 is 1.31 bits per heavy atom. The van der Waals surface area contributed by atoms with Crippen LogP contribution in [0.2, 0.25) is 0 Å². The monoisotopic (exact) mass is 676 g/mol. The van der Waals surface area contributed by atoms with E-state index in [0.717, 1.165) is 11.1 Å². The molecule has 2 heteroatoms. The van der Waals surface area contributed by atoms with Gasteiger partial charge in [-0.2, -0.15) is 11.1 Å². The Morgan fingerprint density at radius 1 is 0.923 bits per heavy atom. The summed E-state index contributed by atoms with van der Waals surface area (Å²) in [5.74, 6) is 0. The van der Waals surface area contributed by atoms with E-state index in [1.54, 1.807) is 12.2 Å². The van der Waals surface area contributed by atoms with Crippen LogP contribution in [0.25, 0.3) is 12.2 Å². The zero-order valence-corrected chi connectivity index (χ0v) is 20.8. The SMILES string of the molecule is [CH-]=Cc1cc(C)cc(C=[CH-])c1.[Rf].[Rf]. The van der Waals surface area contributed by atoms with Gasteiger partial charge in [-0.05, 0) is 6.92 Å². The van der Waals surface area contributed by atoms with Crippen molar-refractivity contribution in [3.05, 3.63) is 48.0 Å². The molecule has 0 saturated heterocycles. The van der Waals surface area contributed by atoms with Crippen LogP contribution in [0.3, 0.4) is 0 Å². The summed E-state index contributed by atoms with van der Waals surface area (Å²) >= 11 is 0. The quantitative estimate of drug-likeness (QED) is 0.424. The van der Waals surface area contributed by atoms with Crippen LogP contribution in [0.15, 0.2) is 18.2 Å². The normalized spacial score (nSPS) is 7.77. The molecule has 0 bridgehead atoms. The van der Waals surface area contributed by atoms with E-state index in [1.165, 1.54) is 5.56 Å². The van der Waals surface area contributed by atoms with Crippen LogP contribution < -0.4 is 0 Å². The first-order chi connectivity index (χ1) is 5.26. The van der Waals surface area contributed by atoms with E-state index in [2.05, 4.69) is 0 Å². The Hall–Kier alpha value is -3.30. The Kier molecular flexibility index (Phi) is 4.29.